The van der Waals surface area contributed by atoms with E-state index in [-0.39, 0.29) is 5.60 Å². The van der Waals surface area contributed by atoms with E-state index in [2.05, 4.69) is 5.32 Å². The molecule has 0 bridgehead atoms. The van der Waals surface area contributed by atoms with Gasteiger partial charge in [-0.25, -0.2) is 0 Å². The first-order valence-electron chi connectivity index (χ1n) is 3.64. The second kappa shape index (κ2) is 2.67. The van der Waals surface area contributed by atoms with Crippen molar-refractivity contribution in [1.29, 1.82) is 0 Å². The lowest BCUT2D eigenvalue weighted by atomic mass is 10.0. The highest BCUT2D eigenvalue weighted by Gasteiger charge is 2.29. The Morgan fingerprint density at radius 3 is 2.44 bits per heavy atom. The molecule has 0 aromatic carbocycles. The van der Waals surface area contributed by atoms with Crippen LogP contribution in [0.15, 0.2) is 0 Å². The molecular formula is C7H15NO. The molecule has 0 spiro atoms. The number of likely N-dealkylation sites (N-methyl/N-ethyl adjacent to an activating group) is 1. The number of hydrogen-bond acceptors (Lipinski definition) is 2. The summed E-state index contributed by atoms with van der Waals surface area (Å²) >= 11 is 0. The second-order valence-corrected chi connectivity index (χ2v) is 2.96. The SMILES string of the molecule is CNCC1(O)CCCC1. The monoisotopic (exact) mass is 129 g/mol. The predicted octanol–water partition coefficient (Wildman–Crippen LogP) is 0.511. The molecule has 1 saturated carbocycles. The fourth-order valence-corrected chi connectivity index (χ4v) is 1.54. The summed E-state index contributed by atoms with van der Waals surface area (Å²) in [6.07, 6.45) is 4.35. The molecule has 0 saturated heterocycles. The van der Waals surface area contributed by atoms with Crippen LogP contribution in [0, 0.1) is 0 Å². The Hall–Kier alpha value is -0.0800. The van der Waals surface area contributed by atoms with E-state index in [9.17, 15) is 5.11 Å². The minimum absolute atomic E-state index is 0.366. The molecule has 0 unspecified atom stereocenters. The van der Waals surface area contributed by atoms with E-state index in [0.29, 0.717) is 0 Å². The number of rotatable bonds is 2. The summed E-state index contributed by atoms with van der Waals surface area (Å²) in [6.45, 7) is 0.757. The summed E-state index contributed by atoms with van der Waals surface area (Å²) in [6, 6.07) is 0. The maximum Gasteiger partial charge on any atom is 0.0771 e. The van der Waals surface area contributed by atoms with Crippen LogP contribution in [-0.2, 0) is 0 Å². The summed E-state index contributed by atoms with van der Waals surface area (Å²) in [7, 11) is 1.89. The fourth-order valence-electron chi connectivity index (χ4n) is 1.54. The molecule has 0 aromatic heterocycles. The third kappa shape index (κ3) is 1.66. The van der Waals surface area contributed by atoms with Crippen molar-refractivity contribution in [1.82, 2.24) is 5.32 Å². The molecule has 0 atom stereocenters. The predicted molar refractivity (Wildman–Crippen MR) is 37.3 cm³/mol. The summed E-state index contributed by atoms with van der Waals surface area (Å²) in [5.74, 6) is 0. The molecule has 2 nitrogen and oxygen atoms in total. The fraction of sp³-hybridized carbons (Fsp3) is 1.00. The van der Waals surface area contributed by atoms with Gasteiger partial charge in [-0.3, -0.25) is 0 Å². The molecule has 1 aliphatic rings. The molecule has 2 N–H and O–H groups in total. The maximum absolute atomic E-state index is 9.63. The second-order valence-electron chi connectivity index (χ2n) is 2.96. The Morgan fingerprint density at radius 2 is 2.00 bits per heavy atom. The van der Waals surface area contributed by atoms with E-state index in [1.54, 1.807) is 0 Å². The van der Waals surface area contributed by atoms with Gasteiger partial charge in [-0.15, -0.1) is 0 Å². The van der Waals surface area contributed by atoms with Gasteiger partial charge in [-0.1, -0.05) is 12.8 Å². The first kappa shape index (κ1) is 7.03. The zero-order chi connectivity index (χ0) is 6.74. The first-order chi connectivity index (χ1) is 4.27. The minimum atomic E-state index is -0.366. The average molecular weight is 129 g/mol. The minimum Gasteiger partial charge on any atom is -0.389 e. The zero-order valence-corrected chi connectivity index (χ0v) is 5.98. The molecule has 1 rings (SSSR count). The first-order valence-corrected chi connectivity index (χ1v) is 3.64. The van der Waals surface area contributed by atoms with Gasteiger partial charge in [0.15, 0.2) is 0 Å². The van der Waals surface area contributed by atoms with Gasteiger partial charge in [-0.05, 0) is 19.9 Å². The van der Waals surface area contributed by atoms with Gasteiger partial charge < -0.3 is 10.4 Å². The van der Waals surface area contributed by atoms with Gasteiger partial charge in [0.05, 0.1) is 5.60 Å². The number of nitrogens with one attached hydrogen (secondary N) is 1. The molecule has 2 heteroatoms. The van der Waals surface area contributed by atoms with Crippen LogP contribution < -0.4 is 5.32 Å². The molecule has 54 valence electrons. The van der Waals surface area contributed by atoms with E-state index in [1.165, 1.54) is 12.8 Å². The van der Waals surface area contributed by atoms with E-state index < -0.39 is 0 Å². The standard InChI is InChI=1S/C7H15NO/c1-8-6-7(9)4-2-3-5-7/h8-9H,2-6H2,1H3. The Morgan fingerprint density at radius 1 is 1.44 bits per heavy atom. The largest absolute Gasteiger partial charge is 0.389 e. The topological polar surface area (TPSA) is 32.3 Å². The summed E-state index contributed by atoms with van der Waals surface area (Å²) in [5, 5.41) is 12.6. The summed E-state index contributed by atoms with van der Waals surface area (Å²) < 4.78 is 0. The molecule has 0 amide bonds. The normalized spacial score (nSPS) is 24.7. The van der Waals surface area contributed by atoms with Crippen LogP contribution in [0.3, 0.4) is 0 Å². The van der Waals surface area contributed by atoms with Crippen LogP contribution in [0.25, 0.3) is 0 Å². The van der Waals surface area contributed by atoms with Crippen LogP contribution in [0.4, 0.5) is 0 Å². The Balaban J connectivity index is 2.32. The third-order valence-electron chi connectivity index (χ3n) is 2.04. The van der Waals surface area contributed by atoms with Gasteiger partial charge >= 0.3 is 0 Å². The summed E-state index contributed by atoms with van der Waals surface area (Å²) in [4.78, 5) is 0. The molecule has 0 heterocycles. The quantitative estimate of drug-likeness (QED) is 0.569. The van der Waals surface area contributed by atoms with Gasteiger partial charge in [0.1, 0.15) is 0 Å². The lowest BCUT2D eigenvalue weighted by molar-refractivity contribution is 0.0498. The molecule has 0 aliphatic heterocycles. The van der Waals surface area contributed by atoms with Crippen molar-refractivity contribution in [3.8, 4) is 0 Å². The highest BCUT2D eigenvalue weighted by Crippen LogP contribution is 2.28. The molecule has 1 aliphatic carbocycles. The maximum atomic E-state index is 9.63. The molecular weight excluding hydrogens is 114 g/mol. The van der Waals surface area contributed by atoms with Crippen molar-refractivity contribution >= 4 is 0 Å². The van der Waals surface area contributed by atoms with Crippen molar-refractivity contribution in [2.24, 2.45) is 0 Å². The highest BCUT2D eigenvalue weighted by molar-refractivity contribution is 4.85. The van der Waals surface area contributed by atoms with Crippen molar-refractivity contribution in [3.05, 3.63) is 0 Å². The lowest BCUT2D eigenvalue weighted by Gasteiger charge is -2.20. The van der Waals surface area contributed by atoms with Gasteiger partial charge in [0.2, 0.25) is 0 Å². The zero-order valence-electron chi connectivity index (χ0n) is 5.98. The van der Waals surface area contributed by atoms with Crippen molar-refractivity contribution < 1.29 is 5.11 Å². The average Bonchev–Trinajstić information content (AvgIpc) is 2.16. The van der Waals surface area contributed by atoms with Crippen LogP contribution in [0.1, 0.15) is 25.7 Å². The molecule has 0 radical (unpaired) electrons. The van der Waals surface area contributed by atoms with Crippen LogP contribution >= 0.6 is 0 Å². The van der Waals surface area contributed by atoms with E-state index >= 15 is 0 Å². The summed E-state index contributed by atoms with van der Waals surface area (Å²) in [5.41, 5.74) is -0.366. The molecule has 9 heavy (non-hydrogen) atoms. The van der Waals surface area contributed by atoms with Crippen LogP contribution in [-0.4, -0.2) is 24.3 Å². The molecule has 0 aromatic rings. The number of aliphatic hydroxyl groups is 1. The Bertz CT molecular complexity index is 86.9. The van der Waals surface area contributed by atoms with Gasteiger partial charge in [0.25, 0.3) is 0 Å². The van der Waals surface area contributed by atoms with Gasteiger partial charge in [0, 0.05) is 6.54 Å². The third-order valence-corrected chi connectivity index (χ3v) is 2.04. The van der Waals surface area contributed by atoms with Crippen LogP contribution in [0.5, 0.6) is 0 Å². The number of hydrogen-bond donors (Lipinski definition) is 2. The van der Waals surface area contributed by atoms with E-state index in [1.807, 2.05) is 7.05 Å². The molecule has 1 fully saturated rings. The van der Waals surface area contributed by atoms with E-state index in [4.69, 9.17) is 0 Å². The van der Waals surface area contributed by atoms with Crippen molar-refractivity contribution in [3.63, 3.8) is 0 Å². The lowest BCUT2D eigenvalue weighted by Crippen LogP contribution is -2.36. The van der Waals surface area contributed by atoms with Gasteiger partial charge in [-0.2, -0.15) is 0 Å². The van der Waals surface area contributed by atoms with Crippen molar-refractivity contribution in [2.75, 3.05) is 13.6 Å². The Kier molecular flexibility index (Phi) is 2.09. The highest BCUT2D eigenvalue weighted by atomic mass is 16.3. The van der Waals surface area contributed by atoms with Crippen LogP contribution in [0.2, 0.25) is 0 Å². The smallest absolute Gasteiger partial charge is 0.0771 e. The van der Waals surface area contributed by atoms with Crippen molar-refractivity contribution in [2.45, 2.75) is 31.3 Å². The van der Waals surface area contributed by atoms with E-state index in [0.717, 1.165) is 19.4 Å². The Labute approximate surface area is 56.3 Å².